The Hall–Kier alpha value is -0.263. The van der Waals surface area contributed by atoms with Gasteiger partial charge in [-0.15, -0.1) is 5.54 Å². The average Bonchev–Trinajstić information content (AvgIpc) is 1.78. The van der Waals surface area contributed by atoms with E-state index in [2.05, 4.69) is 31.1 Å². The monoisotopic (exact) mass is 182 g/mol. The molecule has 1 saturated carbocycles. The molecule has 1 rings (SSSR count). The van der Waals surface area contributed by atoms with Crippen molar-refractivity contribution in [1.82, 2.24) is 0 Å². The van der Waals surface area contributed by atoms with Crippen LogP contribution in [0.5, 0.6) is 0 Å². The predicted octanol–water partition coefficient (Wildman–Crippen LogP) is 2.03. The maximum Gasteiger partial charge on any atom is 0.129 e. The summed E-state index contributed by atoms with van der Waals surface area (Å²) in [6.45, 7) is 6.61. The van der Waals surface area contributed by atoms with Crippen molar-refractivity contribution in [2.75, 3.05) is 0 Å². The van der Waals surface area contributed by atoms with Gasteiger partial charge in [0.1, 0.15) is 14.2 Å². The number of hydrogen-bond donors (Lipinski definition) is 1. The second-order valence-electron chi connectivity index (χ2n) is 4.66. The lowest BCUT2D eigenvalue weighted by molar-refractivity contribution is 0.108. The van der Waals surface area contributed by atoms with Crippen LogP contribution in [0.1, 0.15) is 19.3 Å². The highest BCUT2D eigenvalue weighted by Gasteiger charge is 2.24. The quantitative estimate of drug-likeness (QED) is 0.486. The first kappa shape index (κ1) is 9.82. The molecule has 0 radical (unpaired) electrons. The summed E-state index contributed by atoms with van der Waals surface area (Å²) < 4.78 is 0. The Balaban J connectivity index is 2.41. The Labute approximate surface area is 76.2 Å². The zero-order valence-corrected chi connectivity index (χ0v) is 9.22. The van der Waals surface area contributed by atoms with Crippen molar-refractivity contribution in [2.45, 2.75) is 45.0 Å². The third kappa shape index (κ3) is 3.00. The van der Waals surface area contributed by atoms with Gasteiger partial charge in [0, 0.05) is 0 Å². The third-order valence-corrected chi connectivity index (χ3v) is 3.09. The minimum atomic E-state index is -1.28. The number of aliphatic hydroxyl groups is 1. The van der Waals surface area contributed by atoms with Crippen LogP contribution in [-0.4, -0.2) is 19.3 Å². The van der Waals surface area contributed by atoms with Crippen molar-refractivity contribution < 1.29 is 5.11 Å². The van der Waals surface area contributed by atoms with Gasteiger partial charge in [-0.3, -0.25) is 0 Å². The lowest BCUT2D eigenvalue weighted by atomic mass is 9.81. The maximum atomic E-state index is 9.58. The lowest BCUT2D eigenvalue weighted by Gasteiger charge is -2.27. The predicted molar refractivity (Wildman–Crippen MR) is 54.5 cm³/mol. The topological polar surface area (TPSA) is 20.2 Å². The molecule has 0 aromatic carbocycles. The van der Waals surface area contributed by atoms with Gasteiger partial charge in [0.25, 0.3) is 0 Å². The van der Waals surface area contributed by atoms with Crippen LogP contribution < -0.4 is 0 Å². The zero-order chi connectivity index (χ0) is 9.19. The summed E-state index contributed by atoms with van der Waals surface area (Å²) in [5, 5.41) is 9.58. The lowest BCUT2D eigenvalue weighted by Crippen LogP contribution is -2.26. The highest BCUT2D eigenvalue weighted by atomic mass is 28.3. The molecule has 0 heterocycles. The van der Waals surface area contributed by atoms with E-state index in [4.69, 9.17) is 0 Å². The Morgan fingerprint density at radius 3 is 2.25 bits per heavy atom. The largest absolute Gasteiger partial charge is 0.380 e. The molecule has 1 fully saturated rings. The molecule has 1 N–H and O–H groups in total. The summed E-state index contributed by atoms with van der Waals surface area (Å²) >= 11 is 0. The summed E-state index contributed by atoms with van der Waals surface area (Å²) in [6, 6.07) is 0. The van der Waals surface area contributed by atoms with Crippen LogP contribution in [-0.2, 0) is 0 Å². The maximum absolute atomic E-state index is 9.58. The van der Waals surface area contributed by atoms with E-state index in [1.807, 2.05) is 0 Å². The first-order valence-corrected chi connectivity index (χ1v) is 8.20. The van der Waals surface area contributed by atoms with Gasteiger partial charge in [-0.25, -0.2) is 0 Å². The normalized spacial score (nSPS) is 20.7. The van der Waals surface area contributed by atoms with Crippen molar-refractivity contribution >= 4 is 8.07 Å². The molecule has 0 amide bonds. The van der Waals surface area contributed by atoms with Gasteiger partial charge in [0.05, 0.1) is 0 Å². The molecular formula is C10H18OSi. The molecule has 0 bridgehead atoms. The van der Waals surface area contributed by atoms with Gasteiger partial charge in [-0.2, -0.15) is 0 Å². The summed E-state index contributed by atoms with van der Waals surface area (Å²) in [5.74, 6) is 3.47. The Bertz CT molecular complexity index is 202. The van der Waals surface area contributed by atoms with Crippen LogP contribution in [0.4, 0.5) is 0 Å². The van der Waals surface area contributed by atoms with Gasteiger partial charge in [0.2, 0.25) is 0 Å². The van der Waals surface area contributed by atoms with E-state index in [0.717, 1.165) is 0 Å². The minimum Gasteiger partial charge on any atom is -0.380 e. The number of rotatable bonds is 1. The van der Waals surface area contributed by atoms with E-state index in [1.165, 1.54) is 19.3 Å². The first-order chi connectivity index (χ1) is 5.49. The van der Waals surface area contributed by atoms with Crippen LogP contribution >= 0.6 is 0 Å². The standard InChI is InChI=1S/C10H18OSi/c1-12(2,3)8-7-10(11)9-5-4-6-9/h9-11H,4-6H2,1-3H3. The second kappa shape index (κ2) is 3.63. The molecule has 68 valence electrons. The Morgan fingerprint density at radius 2 is 1.92 bits per heavy atom. The molecule has 1 atom stereocenters. The van der Waals surface area contributed by atoms with Crippen LogP contribution in [0.3, 0.4) is 0 Å². The number of aliphatic hydroxyl groups excluding tert-OH is 1. The molecule has 1 aliphatic carbocycles. The highest BCUT2D eigenvalue weighted by Crippen LogP contribution is 2.29. The summed E-state index contributed by atoms with van der Waals surface area (Å²) in [6.07, 6.45) is 3.27. The van der Waals surface area contributed by atoms with Crippen molar-refractivity contribution in [3.8, 4) is 11.5 Å². The van der Waals surface area contributed by atoms with Crippen LogP contribution in [0.2, 0.25) is 19.6 Å². The van der Waals surface area contributed by atoms with Crippen molar-refractivity contribution in [1.29, 1.82) is 0 Å². The fraction of sp³-hybridized carbons (Fsp3) is 0.800. The highest BCUT2D eigenvalue weighted by molar-refractivity contribution is 6.83. The summed E-state index contributed by atoms with van der Waals surface area (Å²) in [5.41, 5.74) is 3.21. The fourth-order valence-corrected chi connectivity index (χ4v) is 1.74. The fourth-order valence-electron chi connectivity index (χ4n) is 1.16. The third-order valence-electron chi connectivity index (χ3n) is 2.19. The van der Waals surface area contributed by atoms with E-state index in [-0.39, 0.29) is 6.10 Å². The molecular weight excluding hydrogens is 164 g/mol. The van der Waals surface area contributed by atoms with Crippen LogP contribution in [0, 0.1) is 17.4 Å². The minimum absolute atomic E-state index is 0.342. The molecule has 1 nitrogen and oxygen atoms in total. The van der Waals surface area contributed by atoms with Gasteiger partial charge in [-0.1, -0.05) is 32.0 Å². The van der Waals surface area contributed by atoms with Gasteiger partial charge >= 0.3 is 0 Å². The molecule has 0 spiro atoms. The molecule has 1 unspecified atom stereocenters. The molecule has 0 aromatic rings. The van der Waals surface area contributed by atoms with E-state index in [0.29, 0.717) is 5.92 Å². The van der Waals surface area contributed by atoms with Crippen LogP contribution in [0.15, 0.2) is 0 Å². The van der Waals surface area contributed by atoms with E-state index >= 15 is 0 Å². The molecule has 0 aliphatic heterocycles. The van der Waals surface area contributed by atoms with Crippen molar-refractivity contribution in [3.63, 3.8) is 0 Å². The second-order valence-corrected chi connectivity index (χ2v) is 9.41. The van der Waals surface area contributed by atoms with Gasteiger partial charge < -0.3 is 5.11 Å². The van der Waals surface area contributed by atoms with Crippen molar-refractivity contribution in [3.05, 3.63) is 0 Å². The molecule has 2 heteroatoms. The Morgan fingerprint density at radius 1 is 1.33 bits per heavy atom. The van der Waals surface area contributed by atoms with E-state index in [1.54, 1.807) is 0 Å². The van der Waals surface area contributed by atoms with Crippen molar-refractivity contribution in [2.24, 2.45) is 5.92 Å². The average molecular weight is 182 g/mol. The first-order valence-electron chi connectivity index (χ1n) is 4.70. The molecule has 0 saturated heterocycles. The number of hydrogen-bond acceptors (Lipinski definition) is 1. The van der Waals surface area contributed by atoms with Gasteiger partial charge in [-0.05, 0) is 18.8 Å². The van der Waals surface area contributed by atoms with Crippen LogP contribution in [0.25, 0.3) is 0 Å². The van der Waals surface area contributed by atoms with Gasteiger partial charge in [0.15, 0.2) is 0 Å². The SMILES string of the molecule is C[Si](C)(C)C#CC(O)C1CCC1. The molecule has 1 aliphatic rings. The zero-order valence-electron chi connectivity index (χ0n) is 8.22. The van der Waals surface area contributed by atoms with E-state index in [9.17, 15) is 5.11 Å². The smallest absolute Gasteiger partial charge is 0.129 e. The summed E-state index contributed by atoms with van der Waals surface area (Å²) in [7, 11) is -1.28. The van der Waals surface area contributed by atoms with E-state index < -0.39 is 8.07 Å². The molecule has 12 heavy (non-hydrogen) atoms. The summed E-state index contributed by atoms with van der Waals surface area (Å²) in [4.78, 5) is 0. The Kier molecular flexibility index (Phi) is 2.97. The molecule has 0 aromatic heterocycles.